The van der Waals surface area contributed by atoms with Crippen molar-refractivity contribution in [1.82, 2.24) is 19.9 Å². The summed E-state index contributed by atoms with van der Waals surface area (Å²) >= 11 is 1.65. The lowest BCUT2D eigenvalue weighted by molar-refractivity contribution is -0.192. The predicted molar refractivity (Wildman–Crippen MR) is 154 cm³/mol. The van der Waals surface area contributed by atoms with E-state index in [2.05, 4.69) is 33.4 Å². The minimum atomic E-state index is -5.08. The average Bonchev–Trinajstić information content (AvgIpc) is 2.92. The van der Waals surface area contributed by atoms with E-state index in [1.807, 2.05) is 32.9 Å². The van der Waals surface area contributed by atoms with Crippen LogP contribution in [0, 0.1) is 5.41 Å². The van der Waals surface area contributed by atoms with Crippen LogP contribution >= 0.6 is 11.9 Å². The number of carboxylic acids is 1. The summed E-state index contributed by atoms with van der Waals surface area (Å²) in [6, 6.07) is 4.04. The second-order valence-corrected chi connectivity index (χ2v) is 12.6. The number of nitrogens with one attached hydrogen (secondary N) is 2. The molecule has 0 atom stereocenters. The molecule has 0 aliphatic carbocycles. The molecule has 11 nitrogen and oxygen atoms in total. The summed E-state index contributed by atoms with van der Waals surface area (Å²) in [7, 11) is 0. The Morgan fingerprint density at radius 3 is 2.30 bits per heavy atom. The van der Waals surface area contributed by atoms with Gasteiger partial charge >= 0.3 is 18.2 Å². The third-order valence-corrected chi connectivity index (χ3v) is 7.50. The lowest BCUT2D eigenvalue weighted by Crippen LogP contribution is -2.49. The van der Waals surface area contributed by atoms with Crippen molar-refractivity contribution in [3.05, 3.63) is 30.5 Å². The molecule has 2 saturated heterocycles. The fourth-order valence-electron chi connectivity index (χ4n) is 3.89. The highest BCUT2D eigenvalue weighted by Crippen LogP contribution is 2.36. The van der Waals surface area contributed by atoms with Gasteiger partial charge in [0.05, 0.1) is 0 Å². The lowest BCUT2D eigenvalue weighted by atomic mass is 9.80. The molecule has 2 aliphatic rings. The van der Waals surface area contributed by atoms with E-state index in [0.717, 1.165) is 56.9 Å². The summed E-state index contributed by atoms with van der Waals surface area (Å²) in [4.78, 5) is 38.9. The highest BCUT2D eigenvalue weighted by molar-refractivity contribution is 7.97. The predicted octanol–water partition coefficient (Wildman–Crippen LogP) is 4.58. The Morgan fingerprint density at radius 1 is 1.19 bits per heavy atom. The number of hydrogen-bond acceptors (Lipinski definition) is 9. The van der Waals surface area contributed by atoms with Crippen molar-refractivity contribution in [2.45, 2.75) is 76.1 Å². The second kappa shape index (κ2) is 16.1. The zero-order chi connectivity index (χ0) is 32.3. The summed E-state index contributed by atoms with van der Waals surface area (Å²) in [6.45, 7) is 15.1. The van der Waals surface area contributed by atoms with Gasteiger partial charge in [-0.15, -0.1) is 0 Å². The quantitative estimate of drug-likeness (QED) is 0.261. The number of hydrogen-bond donors (Lipinski definition) is 3. The van der Waals surface area contributed by atoms with Gasteiger partial charge in [-0.3, -0.25) is 4.79 Å². The van der Waals surface area contributed by atoms with Crippen LogP contribution in [-0.4, -0.2) is 89.6 Å². The standard InChI is InChI=1S/C26H40N4O5S.C2HF3O2/c1-19(16-28-24(32)35-25(2,3)4)18-34-22-7-6-21(17-27-22)36-30-12-10-26(5,11-13-30)23(31)29-20-8-14-33-15-9-20;3-2(4,5)1(6)7/h6-7,17,20H,1,8-16,18H2,2-5H3,(H,28,32)(H,29,31);(H,6,7). The number of rotatable bonds is 9. The Kier molecular flexibility index (Phi) is 13.6. The molecule has 0 saturated carbocycles. The number of pyridine rings is 1. The van der Waals surface area contributed by atoms with Gasteiger partial charge in [0.15, 0.2) is 0 Å². The molecule has 0 bridgehead atoms. The Balaban J connectivity index is 0.000000821. The van der Waals surface area contributed by atoms with Gasteiger partial charge in [-0.2, -0.15) is 13.2 Å². The van der Waals surface area contributed by atoms with Crippen LogP contribution in [0.25, 0.3) is 0 Å². The molecule has 1 aromatic rings. The largest absolute Gasteiger partial charge is 0.490 e. The van der Waals surface area contributed by atoms with Gasteiger partial charge < -0.3 is 30.0 Å². The Labute approximate surface area is 254 Å². The number of nitrogens with zero attached hydrogens (tertiary/aromatic N) is 2. The number of ether oxygens (including phenoxy) is 3. The van der Waals surface area contributed by atoms with Crippen LogP contribution in [0.2, 0.25) is 0 Å². The third kappa shape index (κ3) is 13.9. The molecule has 0 radical (unpaired) electrons. The van der Waals surface area contributed by atoms with E-state index in [1.54, 1.807) is 18.1 Å². The minimum absolute atomic E-state index is 0.171. The van der Waals surface area contributed by atoms with Gasteiger partial charge in [0, 0.05) is 61.5 Å². The van der Waals surface area contributed by atoms with Gasteiger partial charge in [-0.1, -0.05) is 13.5 Å². The molecule has 15 heteroatoms. The van der Waals surface area contributed by atoms with Gasteiger partial charge in [0.1, 0.15) is 12.2 Å². The molecule has 1 aromatic heterocycles. The molecule has 0 spiro atoms. The maximum atomic E-state index is 12.9. The van der Waals surface area contributed by atoms with Crippen LogP contribution < -0.4 is 15.4 Å². The molecule has 3 rings (SSSR count). The van der Waals surface area contributed by atoms with Crippen molar-refractivity contribution in [1.29, 1.82) is 0 Å². The number of piperidine rings is 1. The summed E-state index contributed by atoms with van der Waals surface area (Å²) in [5.41, 5.74) is -0.163. The van der Waals surface area contributed by atoms with Crippen molar-refractivity contribution in [3.8, 4) is 5.88 Å². The molecule has 3 heterocycles. The fourth-order valence-corrected chi connectivity index (χ4v) is 4.79. The van der Waals surface area contributed by atoms with Crippen LogP contribution in [0.5, 0.6) is 5.88 Å². The van der Waals surface area contributed by atoms with Crippen LogP contribution in [0.1, 0.15) is 53.4 Å². The van der Waals surface area contributed by atoms with Crippen LogP contribution in [-0.2, 0) is 19.1 Å². The number of amides is 2. The first kappa shape index (κ1) is 36.2. The third-order valence-electron chi connectivity index (χ3n) is 6.42. The van der Waals surface area contributed by atoms with Crippen LogP contribution in [0.3, 0.4) is 0 Å². The monoisotopic (exact) mass is 634 g/mol. The highest BCUT2D eigenvalue weighted by atomic mass is 32.2. The van der Waals surface area contributed by atoms with Crippen molar-refractivity contribution < 1.29 is 46.9 Å². The SMILES string of the molecule is C=C(CNC(=O)OC(C)(C)C)COc1ccc(SN2CCC(C)(C(=O)NC3CCOCC3)CC2)cn1.O=C(O)C(F)(F)F. The first-order chi connectivity index (χ1) is 20.0. The number of alkyl carbamates (subject to hydrolysis) is 1. The number of aromatic nitrogens is 1. The average molecular weight is 635 g/mol. The summed E-state index contributed by atoms with van der Waals surface area (Å²) in [5, 5.41) is 13.0. The molecule has 242 valence electrons. The number of halogens is 3. The molecule has 2 amide bonds. The lowest BCUT2D eigenvalue weighted by Gasteiger charge is -2.38. The molecular weight excluding hydrogens is 593 g/mol. The molecule has 2 fully saturated rings. The maximum absolute atomic E-state index is 12.9. The van der Waals surface area contributed by atoms with E-state index < -0.39 is 23.8 Å². The van der Waals surface area contributed by atoms with Crippen molar-refractivity contribution in [2.75, 3.05) is 39.5 Å². The molecule has 2 aliphatic heterocycles. The Morgan fingerprint density at radius 2 is 1.79 bits per heavy atom. The number of carbonyl (C=O) groups excluding carboxylic acids is 2. The normalized spacial score (nSPS) is 17.6. The molecule has 3 N–H and O–H groups in total. The van der Waals surface area contributed by atoms with E-state index in [0.29, 0.717) is 11.5 Å². The number of aliphatic carboxylic acids is 1. The van der Waals surface area contributed by atoms with E-state index in [4.69, 9.17) is 24.1 Å². The van der Waals surface area contributed by atoms with Crippen LogP contribution in [0.4, 0.5) is 18.0 Å². The smallest absolute Gasteiger partial charge is 0.475 e. The van der Waals surface area contributed by atoms with Gasteiger partial charge in [0.25, 0.3) is 0 Å². The summed E-state index contributed by atoms with van der Waals surface area (Å²) < 4.78 is 50.3. The van der Waals surface area contributed by atoms with Crippen molar-refractivity contribution in [3.63, 3.8) is 0 Å². The summed E-state index contributed by atoms with van der Waals surface area (Å²) in [5.74, 6) is -2.09. The molecule has 43 heavy (non-hydrogen) atoms. The van der Waals surface area contributed by atoms with Crippen molar-refractivity contribution in [2.24, 2.45) is 5.41 Å². The first-order valence-corrected chi connectivity index (χ1v) is 14.6. The number of alkyl halides is 3. The Hall–Kier alpha value is -3.04. The van der Waals surface area contributed by atoms with Gasteiger partial charge in [0.2, 0.25) is 11.8 Å². The van der Waals surface area contributed by atoms with E-state index in [-0.39, 0.29) is 30.5 Å². The van der Waals surface area contributed by atoms with Crippen LogP contribution in [0.15, 0.2) is 35.4 Å². The zero-order valence-electron chi connectivity index (χ0n) is 24.9. The first-order valence-electron chi connectivity index (χ1n) is 13.8. The second-order valence-electron chi connectivity index (χ2n) is 11.5. The van der Waals surface area contributed by atoms with Gasteiger partial charge in [-0.25, -0.2) is 18.9 Å². The molecule has 0 aromatic carbocycles. The number of carbonyl (C=O) groups is 3. The summed E-state index contributed by atoms with van der Waals surface area (Å²) in [6.07, 6.45) is -0.345. The highest BCUT2D eigenvalue weighted by Gasteiger charge is 2.39. The number of carboxylic acid groups (broad SMARTS) is 1. The Bertz CT molecular complexity index is 1080. The maximum Gasteiger partial charge on any atom is 0.490 e. The van der Waals surface area contributed by atoms with E-state index in [1.165, 1.54) is 0 Å². The van der Waals surface area contributed by atoms with Gasteiger partial charge in [-0.05, 0) is 70.0 Å². The van der Waals surface area contributed by atoms with Crippen molar-refractivity contribution >= 4 is 29.9 Å². The topological polar surface area (TPSA) is 139 Å². The molecule has 0 unspecified atom stereocenters. The van der Waals surface area contributed by atoms with E-state index >= 15 is 0 Å². The van der Waals surface area contributed by atoms with E-state index in [9.17, 15) is 22.8 Å². The fraction of sp³-hybridized carbons (Fsp3) is 0.643. The minimum Gasteiger partial charge on any atom is -0.475 e. The molecular formula is C28H41F3N4O7S. The zero-order valence-corrected chi connectivity index (χ0v) is 25.7.